The van der Waals surface area contributed by atoms with Gasteiger partial charge >= 0.3 is 0 Å². The van der Waals surface area contributed by atoms with Crippen LogP contribution in [0.15, 0.2) is 0 Å². The van der Waals surface area contributed by atoms with Gasteiger partial charge in [-0.15, -0.1) is 0 Å². The van der Waals surface area contributed by atoms with Gasteiger partial charge in [0.25, 0.3) is 0 Å². The number of hydrogen-bond acceptors (Lipinski definition) is 3. The summed E-state index contributed by atoms with van der Waals surface area (Å²) >= 11 is 0. The summed E-state index contributed by atoms with van der Waals surface area (Å²) in [6, 6.07) is 0.654. The number of nitrogens with zero attached hydrogens (tertiary/aromatic N) is 2. The van der Waals surface area contributed by atoms with Gasteiger partial charge < -0.3 is 15.1 Å². The number of carbonyl (C=O) groups excluding carboxylic acids is 1. The van der Waals surface area contributed by atoms with Crippen LogP contribution in [-0.4, -0.2) is 61.5 Å². The Labute approximate surface area is 91.6 Å². The SMILES string of the molecule is CN(C)C1CCN(C(=O)[C@@H]2CCCN2)C1. The van der Waals surface area contributed by atoms with Gasteiger partial charge in [-0.25, -0.2) is 0 Å². The van der Waals surface area contributed by atoms with Crippen LogP contribution in [0.2, 0.25) is 0 Å². The third-order valence-corrected chi connectivity index (χ3v) is 3.56. The quantitative estimate of drug-likeness (QED) is 0.693. The molecule has 1 N–H and O–H groups in total. The maximum Gasteiger partial charge on any atom is 0.239 e. The van der Waals surface area contributed by atoms with Crippen molar-refractivity contribution in [1.29, 1.82) is 0 Å². The molecule has 0 bridgehead atoms. The summed E-state index contributed by atoms with van der Waals surface area (Å²) in [5, 5.41) is 3.27. The molecule has 1 amide bonds. The zero-order chi connectivity index (χ0) is 10.8. The van der Waals surface area contributed by atoms with Crippen LogP contribution in [-0.2, 0) is 4.79 Å². The fourth-order valence-electron chi connectivity index (χ4n) is 2.48. The molecule has 0 saturated carbocycles. The highest BCUT2D eigenvalue weighted by Crippen LogP contribution is 2.16. The van der Waals surface area contributed by atoms with Gasteiger partial charge in [0.1, 0.15) is 0 Å². The molecule has 0 radical (unpaired) electrons. The first kappa shape index (κ1) is 10.9. The predicted molar refractivity (Wildman–Crippen MR) is 59.7 cm³/mol. The molecule has 2 aliphatic heterocycles. The first-order valence-corrected chi connectivity index (χ1v) is 5.87. The number of hydrogen-bond donors (Lipinski definition) is 1. The van der Waals surface area contributed by atoms with Crippen LogP contribution < -0.4 is 5.32 Å². The van der Waals surface area contributed by atoms with Crippen molar-refractivity contribution in [2.75, 3.05) is 33.7 Å². The van der Waals surface area contributed by atoms with E-state index in [4.69, 9.17) is 0 Å². The fourth-order valence-corrected chi connectivity index (χ4v) is 2.48. The van der Waals surface area contributed by atoms with Gasteiger partial charge in [0.2, 0.25) is 5.91 Å². The molecular weight excluding hydrogens is 190 g/mol. The van der Waals surface area contributed by atoms with Crippen molar-refractivity contribution in [3.8, 4) is 0 Å². The van der Waals surface area contributed by atoms with Gasteiger partial charge in [-0.2, -0.15) is 0 Å². The summed E-state index contributed by atoms with van der Waals surface area (Å²) in [7, 11) is 4.18. The lowest BCUT2D eigenvalue weighted by molar-refractivity contribution is -0.132. The molecule has 0 aromatic rings. The van der Waals surface area contributed by atoms with E-state index in [1.165, 1.54) is 0 Å². The topological polar surface area (TPSA) is 35.6 Å². The Hall–Kier alpha value is -0.610. The highest BCUT2D eigenvalue weighted by molar-refractivity contribution is 5.82. The minimum absolute atomic E-state index is 0.103. The second-order valence-electron chi connectivity index (χ2n) is 4.84. The Morgan fingerprint density at radius 2 is 2.20 bits per heavy atom. The van der Waals surface area contributed by atoms with Crippen molar-refractivity contribution >= 4 is 5.91 Å². The molecule has 2 atom stereocenters. The van der Waals surface area contributed by atoms with Crippen LogP contribution >= 0.6 is 0 Å². The number of likely N-dealkylation sites (N-methyl/N-ethyl adjacent to an activating group) is 1. The van der Waals surface area contributed by atoms with E-state index in [0.717, 1.165) is 38.9 Å². The van der Waals surface area contributed by atoms with E-state index in [0.29, 0.717) is 11.9 Å². The van der Waals surface area contributed by atoms with Crippen molar-refractivity contribution < 1.29 is 4.79 Å². The van der Waals surface area contributed by atoms with E-state index in [2.05, 4.69) is 24.3 Å². The molecule has 1 unspecified atom stereocenters. The second-order valence-corrected chi connectivity index (χ2v) is 4.84. The normalized spacial score (nSPS) is 31.5. The zero-order valence-electron chi connectivity index (χ0n) is 9.70. The molecular formula is C11H21N3O. The van der Waals surface area contributed by atoms with Crippen molar-refractivity contribution in [1.82, 2.24) is 15.1 Å². The molecule has 0 spiro atoms. The lowest BCUT2D eigenvalue weighted by atomic mass is 10.2. The monoisotopic (exact) mass is 211 g/mol. The van der Waals surface area contributed by atoms with Crippen LogP contribution in [0.3, 0.4) is 0 Å². The molecule has 4 nitrogen and oxygen atoms in total. The van der Waals surface area contributed by atoms with Crippen LogP contribution in [0.25, 0.3) is 0 Å². The van der Waals surface area contributed by atoms with Crippen molar-refractivity contribution in [2.24, 2.45) is 0 Å². The van der Waals surface area contributed by atoms with Gasteiger partial charge in [-0.1, -0.05) is 0 Å². The standard InChI is InChI=1S/C11H21N3O/c1-13(2)9-5-7-14(8-9)11(15)10-4-3-6-12-10/h9-10,12H,3-8H2,1-2H3/t9?,10-/m0/s1. The maximum atomic E-state index is 12.1. The Morgan fingerprint density at radius 1 is 1.40 bits per heavy atom. The molecule has 2 fully saturated rings. The smallest absolute Gasteiger partial charge is 0.239 e. The predicted octanol–water partition coefficient (Wildman–Crippen LogP) is -0.0991. The Balaban J connectivity index is 1.87. The summed E-state index contributed by atoms with van der Waals surface area (Å²) in [6.45, 7) is 2.84. The van der Waals surface area contributed by atoms with E-state index >= 15 is 0 Å². The summed E-state index contributed by atoms with van der Waals surface area (Å²) in [6.07, 6.45) is 3.27. The largest absolute Gasteiger partial charge is 0.340 e. The Bertz CT molecular complexity index is 236. The van der Waals surface area contributed by atoms with E-state index < -0.39 is 0 Å². The summed E-state index contributed by atoms with van der Waals surface area (Å²) in [5.41, 5.74) is 0. The average molecular weight is 211 g/mol. The zero-order valence-corrected chi connectivity index (χ0v) is 9.70. The van der Waals surface area contributed by atoms with Crippen LogP contribution in [0.1, 0.15) is 19.3 Å². The Kier molecular flexibility index (Phi) is 3.26. The van der Waals surface area contributed by atoms with E-state index in [1.807, 2.05) is 4.90 Å². The van der Waals surface area contributed by atoms with Crippen LogP contribution in [0.5, 0.6) is 0 Å². The Morgan fingerprint density at radius 3 is 2.73 bits per heavy atom. The summed E-state index contributed by atoms with van der Waals surface area (Å²) < 4.78 is 0. The average Bonchev–Trinajstić information content (AvgIpc) is 2.88. The first-order chi connectivity index (χ1) is 7.18. The van der Waals surface area contributed by atoms with E-state index in [-0.39, 0.29) is 6.04 Å². The summed E-state index contributed by atoms with van der Waals surface area (Å²) in [5.74, 6) is 0.317. The molecule has 86 valence electrons. The molecule has 0 aliphatic carbocycles. The number of nitrogens with one attached hydrogen (secondary N) is 1. The minimum atomic E-state index is 0.103. The van der Waals surface area contributed by atoms with Gasteiger partial charge in [0, 0.05) is 19.1 Å². The molecule has 0 aromatic heterocycles. The third kappa shape index (κ3) is 2.32. The van der Waals surface area contributed by atoms with Crippen molar-refractivity contribution in [3.63, 3.8) is 0 Å². The summed E-state index contributed by atoms with van der Waals surface area (Å²) in [4.78, 5) is 16.3. The van der Waals surface area contributed by atoms with Gasteiger partial charge in [0.05, 0.1) is 6.04 Å². The third-order valence-electron chi connectivity index (χ3n) is 3.56. The molecule has 0 aromatic carbocycles. The number of amides is 1. The molecule has 4 heteroatoms. The van der Waals surface area contributed by atoms with Crippen LogP contribution in [0, 0.1) is 0 Å². The van der Waals surface area contributed by atoms with Gasteiger partial charge in [-0.05, 0) is 39.9 Å². The van der Waals surface area contributed by atoms with Crippen molar-refractivity contribution in [2.45, 2.75) is 31.3 Å². The maximum absolute atomic E-state index is 12.1. The fraction of sp³-hybridized carbons (Fsp3) is 0.909. The lowest BCUT2D eigenvalue weighted by Gasteiger charge is -2.22. The highest BCUT2D eigenvalue weighted by Gasteiger charge is 2.32. The molecule has 2 saturated heterocycles. The van der Waals surface area contributed by atoms with E-state index in [9.17, 15) is 4.79 Å². The van der Waals surface area contributed by atoms with Crippen molar-refractivity contribution in [3.05, 3.63) is 0 Å². The number of carbonyl (C=O) groups is 1. The van der Waals surface area contributed by atoms with Crippen LogP contribution in [0.4, 0.5) is 0 Å². The number of likely N-dealkylation sites (tertiary alicyclic amines) is 1. The minimum Gasteiger partial charge on any atom is -0.340 e. The number of rotatable bonds is 2. The second kappa shape index (κ2) is 4.49. The molecule has 2 heterocycles. The molecule has 2 aliphatic rings. The van der Waals surface area contributed by atoms with E-state index in [1.54, 1.807) is 0 Å². The van der Waals surface area contributed by atoms with Gasteiger partial charge in [0.15, 0.2) is 0 Å². The molecule has 15 heavy (non-hydrogen) atoms. The first-order valence-electron chi connectivity index (χ1n) is 5.87. The van der Waals surface area contributed by atoms with Gasteiger partial charge in [-0.3, -0.25) is 4.79 Å². The lowest BCUT2D eigenvalue weighted by Crippen LogP contribution is -2.43. The highest BCUT2D eigenvalue weighted by atomic mass is 16.2. The molecule has 2 rings (SSSR count).